The Balaban J connectivity index is 1.55. The second-order valence-corrected chi connectivity index (χ2v) is 6.56. The Kier molecular flexibility index (Phi) is 4.79. The van der Waals surface area contributed by atoms with E-state index in [-0.39, 0.29) is 17.5 Å². The van der Waals surface area contributed by atoms with Gasteiger partial charge in [-0.1, -0.05) is 36.4 Å². The predicted molar refractivity (Wildman–Crippen MR) is 110 cm³/mol. The molecule has 0 aromatic heterocycles. The van der Waals surface area contributed by atoms with E-state index in [4.69, 9.17) is 4.74 Å². The number of ketones is 2. The zero-order valence-corrected chi connectivity index (χ0v) is 15.6. The van der Waals surface area contributed by atoms with Gasteiger partial charge in [-0.15, -0.1) is 0 Å². The van der Waals surface area contributed by atoms with E-state index in [1.807, 2.05) is 24.3 Å². The first kappa shape index (κ1) is 18.4. The molecule has 1 N–H and O–H groups in total. The van der Waals surface area contributed by atoms with Crippen LogP contribution in [0.3, 0.4) is 0 Å². The Morgan fingerprint density at radius 2 is 1.52 bits per heavy atom. The number of benzene rings is 3. The van der Waals surface area contributed by atoms with Gasteiger partial charge in [0.1, 0.15) is 5.75 Å². The van der Waals surface area contributed by atoms with Crippen LogP contribution >= 0.6 is 0 Å². The van der Waals surface area contributed by atoms with Crippen molar-refractivity contribution < 1.29 is 19.1 Å². The monoisotopic (exact) mass is 383 g/mol. The van der Waals surface area contributed by atoms with Gasteiger partial charge in [-0.2, -0.15) is 0 Å². The Morgan fingerprint density at radius 1 is 0.828 bits per heavy atom. The van der Waals surface area contributed by atoms with E-state index < -0.39 is 0 Å². The molecule has 142 valence electrons. The molecular formula is C24H17NO4. The maximum atomic E-state index is 12.8. The summed E-state index contributed by atoms with van der Waals surface area (Å²) in [7, 11) is 1.58. The van der Waals surface area contributed by atoms with Crippen LogP contribution in [0, 0.1) is 0 Å². The van der Waals surface area contributed by atoms with E-state index in [0.29, 0.717) is 33.7 Å². The van der Waals surface area contributed by atoms with Gasteiger partial charge in [0, 0.05) is 34.0 Å². The number of carbonyl (C=O) groups excluding carboxylic acids is 3. The van der Waals surface area contributed by atoms with Crippen LogP contribution in [-0.4, -0.2) is 24.6 Å². The highest BCUT2D eigenvalue weighted by molar-refractivity contribution is 6.28. The van der Waals surface area contributed by atoms with Gasteiger partial charge in [0.05, 0.1) is 7.11 Å². The van der Waals surface area contributed by atoms with Crippen LogP contribution < -0.4 is 10.1 Å². The third-order valence-electron chi connectivity index (χ3n) is 4.71. The first-order valence-corrected chi connectivity index (χ1v) is 9.02. The van der Waals surface area contributed by atoms with Gasteiger partial charge in [-0.3, -0.25) is 14.4 Å². The normalized spacial score (nSPS) is 12.4. The van der Waals surface area contributed by atoms with Crippen molar-refractivity contribution in [3.05, 3.63) is 101 Å². The molecule has 0 radical (unpaired) electrons. The lowest BCUT2D eigenvalue weighted by Crippen LogP contribution is -2.21. The Labute approximate surface area is 167 Å². The van der Waals surface area contributed by atoms with Crippen molar-refractivity contribution in [3.63, 3.8) is 0 Å². The molecule has 0 saturated heterocycles. The van der Waals surface area contributed by atoms with Crippen molar-refractivity contribution in [1.82, 2.24) is 0 Å². The van der Waals surface area contributed by atoms with Crippen LogP contribution in [0.4, 0.5) is 5.69 Å². The molecule has 0 heterocycles. The summed E-state index contributed by atoms with van der Waals surface area (Å²) in [4.78, 5) is 37.7. The summed E-state index contributed by atoms with van der Waals surface area (Å²) in [6.45, 7) is 0. The molecule has 5 heteroatoms. The quantitative estimate of drug-likeness (QED) is 0.538. The number of hydrogen-bond acceptors (Lipinski definition) is 4. The van der Waals surface area contributed by atoms with E-state index in [0.717, 1.165) is 5.56 Å². The zero-order valence-electron chi connectivity index (χ0n) is 15.6. The number of fused-ring (bicyclic) bond motifs is 2. The first-order valence-electron chi connectivity index (χ1n) is 9.02. The molecule has 1 aliphatic rings. The molecule has 1 aliphatic carbocycles. The maximum absolute atomic E-state index is 12.8. The van der Waals surface area contributed by atoms with Crippen molar-refractivity contribution in [2.75, 3.05) is 12.4 Å². The third kappa shape index (κ3) is 3.58. The molecule has 0 atom stereocenters. The van der Waals surface area contributed by atoms with Crippen LogP contribution in [0.2, 0.25) is 0 Å². The van der Waals surface area contributed by atoms with E-state index in [2.05, 4.69) is 5.32 Å². The molecule has 0 saturated carbocycles. The van der Waals surface area contributed by atoms with Gasteiger partial charge < -0.3 is 10.1 Å². The average Bonchev–Trinajstić information content (AvgIpc) is 2.76. The maximum Gasteiger partial charge on any atom is 0.248 e. The van der Waals surface area contributed by atoms with Gasteiger partial charge in [-0.25, -0.2) is 0 Å². The van der Waals surface area contributed by atoms with Gasteiger partial charge in [0.15, 0.2) is 11.6 Å². The number of rotatable bonds is 4. The van der Waals surface area contributed by atoms with Crippen molar-refractivity contribution >= 4 is 29.2 Å². The van der Waals surface area contributed by atoms with Crippen molar-refractivity contribution in [2.45, 2.75) is 0 Å². The lowest BCUT2D eigenvalue weighted by atomic mass is 9.84. The summed E-state index contributed by atoms with van der Waals surface area (Å²) in [5.41, 5.74) is 2.70. The van der Waals surface area contributed by atoms with Crippen molar-refractivity contribution in [2.24, 2.45) is 0 Å². The summed E-state index contributed by atoms with van der Waals surface area (Å²) < 4.78 is 5.16. The van der Waals surface area contributed by atoms with Crippen LogP contribution in [0.5, 0.6) is 5.75 Å². The largest absolute Gasteiger partial charge is 0.497 e. The number of carbonyl (C=O) groups is 3. The second-order valence-electron chi connectivity index (χ2n) is 6.56. The van der Waals surface area contributed by atoms with E-state index >= 15 is 0 Å². The highest BCUT2D eigenvalue weighted by atomic mass is 16.5. The van der Waals surface area contributed by atoms with Gasteiger partial charge >= 0.3 is 0 Å². The minimum atomic E-state index is -0.345. The third-order valence-corrected chi connectivity index (χ3v) is 4.71. The van der Waals surface area contributed by atoms with E-state index in [9.17, 15) is 14.4 Å². The summed E-state index contributed by atoms with van der Waals surface area (Å²) in [5, 5.41) is 2.73. The van der Waals surface area contributed by atoms with E-state index in [1.54, 1.807) is 55.7 Å². The van der Waals surface area contributed by atoms with Crippen LogP contribution in [0.15, 0.2) is 72.8 Å². The SMILES string of the molecule is COc1cccc(/C=C/C(=O)Nc2ccc3c(c2)C(=O)c2ccccc2C3=O)c1. The summed E-state index contributed by atoms with van der Waals surface area (Å²) in [6, 6.07) is 18.8. The molecular weight excluding hydrogens is 366 g/mol. The number of nitrogens with one attached hydrogen (secondary N) is 1. The molecule has 5 nitrogen and oxygen atoms in total. The fraction of sp³-hybridized carbons (Fsp3) is 0.0417. The molecule has 1 amide bonds. The van der Waals surface area contributed by atoms with Crippen LogP contribution in [0.25, 0.3) is 6.08 Å². The molecule has 0 aliphatic heterocycles. The van der Waals surface area contributed by atoms with E-state index in [1.165, 1.54) is 6.08 Å². The molecule has 0 fully saturated rings. The number of ether oxygens (including phenoxy) is 1. The predicted octanol–water partition coefficient (Wildman–Crippen LogP) is 4.12. The Bertz CT molecular complexity index is 1180. The number of hydrogen-bond donors (Lipinski definition) is 1. The highest BCUT2D eigenvalue weighted by Crippen LogP contribution is 2.29. The van der Waals surface area contributed by atoms with Crippen molar-refractivity contribution in [1.29, 1.82) is 0 Å². The van der Waals surface area contributed by atoms with Crippen LogP contribution in [0.1, 0.15) is 37.4 Å². The number of methoxy groups -OCH3 is 1. The molecule has 29 heavy (non-hydrogen) atoms. The number of anilines is 1. The van der Waals surface area contributed by atoms with Gasteiger partial charge in [-0.05, 0) is 42.0 Å². The van der Waals surface area contributed by atoms with Crippen molar-refractivity contribution in [3.8, 4) is 5.75 Å². The Morgan fingerprint density at radius 3 is 2.24 bits per heavy atom. The van der Waals surface area contributed by atoms with Gasteiger partial charge in [0.25, 0.3) is 0 Å². The summed E-state index contributed by atoms with van der Waals surface area (Å²) >= 11 is 0. The highest BCUT2D eigenvalue weighted by Gasteiger charge is 2.29. The molecule has 3 aromatic rings. The van der Waals surface area contributed by atoms with Gasteiger partial charge in [0.2, 0.25) is 5.91 Å². The first-order chi connectivity index (χ1) is 14.1. The fourth-order valence-corrected chi connectivity index (χ4v) is 3.28. The molecule has 0 spiro atoms. The summed E-state index contributed by atoms with van der Waals surface area (Å²) in [5.74, 6) is -0.0577. The minimum absolute atomic E-state index is 0.189. The molecule has 4 rings (SSSR count). The second kappa shape index (κ2) is 7.56. The van der Waals surface area contributed by atoms with Crippen LogP contribution in [-0.2, 0) is 4.79 Å². The lowest BCUT2D eigenvalue weighted by molar-refractivity contribution is -0.111. The number of amides is 1. The molecule has 0 bridgehead atoms. The molecule has 0 unspecified atom stereocenters. The summed E-state index contributed by atoms with van der Waals surface area (Å²) in [6.07, 6.45) is 3.07. The standard InChI is InChI=1S/C24H17NO4/c1-29-17-6-4-5-15(13-17)9-12-22(26)25-16-10-11-20-21(14-16)24(28)19-8-3-2-7-18(19)23(20)27/h2-14H,1H3,(H,25,26)/b12-9+. The fourth-order valence-electron chi connectivity index (χ4n) is 3.28. The Hall–Kier alpha value is -3.99. The zero-order chi connectivity index (χ0) is 20.4. The minimum Gasteiger partial charge on any atom is -0.497 e. The topological polar surface area (TPSA) is 72.5 Å². The smallest absolute Gasteiger partial charge is 0.248 e. The molecule has 3 aromatic carbocycles. The lowest BCUT2D eigenvalue weighted by Gasteiger charge is -2.18. The average molecular weight is 383 g/mol.